The Morgan fingerprint density at radius 1 is 1.09 bits per heavy atom. The minimum Gasteiger partial charge on any atom is -0.479 e. The molecule has 1 fully saturated rings. The summed E-state index contributed by atoms with van der Waals surface area (Å²) in [6.07, 6.45) is -0.811. The summed E-state index contributed by atoms with van der Waals surface area (Å²) in [5.74, 6) is -1.57. The largest absolute Gasteiger partial charge is 0.479 e. The second-order valence-electron chi connectivity index (χ2n) is 8.56. The van der Waals surface area contributed by atoms with Crippen molar-refractivity contribution in [1.82, 2.24) is 10.6 Å². The zero-order valence-electron chi connectivity index (χ0n) is 18.5. The number of alkyl carbamates (subject to hydrolysis) is 1. The number of hydrogen-bond donors (Lipinski definition) is 3. The van der Waals surface area contributed by atoms with Crippen LogP contribution in [0, 0.1) is 5.92 Å². The summed E-state index contributed by atoms with van der Waals surface area (Å²) in [7, 11) is 0. The number of nitrogens with one attached hydrogen (secondary N) is 2. The van der Waals surface area contributed by atoms with Gasteiger partial charge < -0.3 is 25.2 Å². The summed E-state index contributed by atoms with van der Waals surface area (Å²) >= 11 is 0. The molecule has 0 radical (unpaired) electrons. The van der Waals surface area contributed by atoms with E-state index in [0.29, 0.717) is 13.0 Å². The Labute approximate surface area is 192 Å². The van der Waals surface area contributed by atoms with E-state index in [1.54, 1.807) is 6.92 Å². The third-order valence-electron chi connectivity index (χ3n) is 6.22. The Kier molecular flexibility index (Phi) is 6.93. The maximum Gasteiger partial charge on any atom is 0.407 e. The second-order valence-corrected chi connectivity index (χ2v) is 8.56. The van der Waals surface area contributed by atoms with Gasteiger partial charge in [0.15, 0.2) is 6.10 Å². The van der Waals surface area contributed by atoms with Gasteiger partial charge >= 0.3 is 12.1 Å². The number of carboxylic acids is 1. The van der Waals surface area contributed by atoms with Crippen LogP contribution in [0.25, 0.3) is 11.1 Å². The molecule has 4 rings (SSSR count). The molecule has 1 heterocycles. The van der Waals surface area contributed by atoms with E-state index in [-0.39, 0.29) is 37.3 Å². The maximum atomic E-state index is 12.4. The molecule has 0 aromatic heterocycles. The Balaban J connectivity index is 1.24. The van der Waals surface area contributed by atoms with Gasteiger partial charge in [0.25, 0.3) is 0 Å². The average Bonchev–Trinajstić information content (AvgIpc) is 3.39. The molecule has 2 aliphatic rings. The van der Waals surface area contributed by atoms with E-state index in [2.05, 4.69) is 34.9 Å². The number of fused-ring (bicyclic) bond motifs is 3. The molecular formula is C25H28N2O6. The molecule has 0 saturated carbocycles. The summed E-state index contributed by atoms with van der Waals surface area (Å²) in [5.41, 5.74) is 4.58. The fourth-order valence-corrected chi connectivity index (χ4v) is 4.60. The molecule has 8 heteroatoms. The van der Waals surface area contributed by atoms with Crippen LogP contribution in [0.2, 0.25) is 0 Å². The zero-order valence-corrected chi connectivity index (χ0v) is 18.5. The number of aliphatic carboxylic acids is 1. The molecule has 0 bridgehead atoms. The number of amides is 2. The zero-order chi connectivity index (χ0) is 23.4. The van der Waals surface area contributed by atoms with E-state index < -0.39 is 24.2 Å². The molecule has 3 N–H and O–H groups in total. The number of carbonyl (C=O) groups excluding carboxylic acids is 2. The Bertz CT molecular complexity index is 994. The number of carboxylic acid groups (broad SMARTS) is 1. The fraction of sp³-hybridized carbons (Fsp3) is 0.400. The molecule has 3 atom stereocenters. The highest BCUT2D eigenvalue weighted by atomic mass is 16.5. The lowest BCUT2D eigenvalue weighted by Crippen LogP contribution is -2.40. The van der Waals surface area contributed by atoms with Crippen LogP contribution in [0.15, 0.2) is 48.5 Å². The molecule has 1 unspecified atom stereocenters. The van der Waals surface area contributed by atoms with Crippen LogP contribution in [0.4, 0.5) is 4.79 Å². The van der Waals surface area contributed by atoms with Crippen LogP contribution in [-0.2, 0) is 19.1 Å². The summed E-state index contributed by atoms with van der Waals surface area (Å²) < 4.78 is 10.7. The van der Waals surface area contributed by atoms with Gasteiger partial charge in [-0.25, -0.2) is 9.59 Å². The maximum absolute atomic E-state index is 12.4. The third kappa shape index (κ3) is 5.17. The van der Waals surface area contributed by atoms with Gasteiger partial charge in [0.05, 0.1) is 0 Å². The molecule has 174 valence electrons. The average molecular weight is 453 g/mol. The first-order valence-corrected chi connectivity index (χ1v) is 11.2. The Hall–Kier alpha value is -3.39. The summed E-state index contributed by atoms with van der Waals surface area (Å²) in [6, 6.07) is 15.8. The molecule has 0 spiro atoms. The van der Waals surface area contributed by atoms with Crippen LogP contribution in [0.3, 0.4) is 0 Å². The minimum atomic E-state index is -1.02. The fourth-order valence-electron chi connectivity index (χ4n) is 4.60. The quantitative estimate of drug-likeness (QED) is 0.568. The van der Waals surface area contributed by atoms with Crippen molar-refractivity contribution in [2.45, 2.75) is 37.8 Å². The SMILES string of the molecule is CC(CC(=O)NC[C@@H]1CCO[C@@H]1C(=O)O)NC(=O)OCC1c2ccccc2-c2ccccc21. The highest BCUT2D eigenvalue weighted by Crippen LogP contribution is 2.44. The third-order valence-corrected chi connectivity index (χ3v) is 6.22. The lowest BCUT2D eigenvalue weighted by Gasteiger charge is -2.18. The monoisotopic (exact) mass is 452 g/mol. The van der Waals surface area contributed by atoms with Crippen molar-refractivity contribution >= 4 is 18.0 Å². The number of carbonyl (C=O) groups is 3. The first-order valence-electron chi connectivity index (χ1n) is 11.2. The molecule has 1 saturated heterocycles. The topological polar surface area (TPSA) is 114 Å². The van der Waals surface area contributed by atoms with E-state index in [4.69, 9.17) is 14.6 Å². The van der Waals surface area contributed by atoms with Crippen LogP contribution in [0.5, 0.6) is 0 Å². The van der Waals surface area contributed by atoms with Crippen LogP contribution >= 0.6 is 0 Å². The Morgan fingerprint density at radius 3 is 2.36 bits per heavy atom. The van der Waals surface area contributed by atoms with Gasteiger partial charge in [-0.3, -0.25) is 4.79 Å². The summed E-state index contributed by atoms with van der Waals surface area (Å²) in [6.45, 7) is 2.53. The molecule has 33 heavy (non-hydrogen) atoms. The van der Waals surface area contributed by atoms with Crippen molar-refractivity contribution in [1.29, 1.82) is 0 Å². The number of rotatable bonds is 8. The van der Waals surface area contributed by atoms with Gasteiger partial charge in [0, 0.05) is 37.5 Å². The van der Waals surface area contributed by atoms with E-state index in [0.717, 1.165) is 22.3 Å². The molecule has 2 amide bonds. The van der Waals surface area contributed by atoms with Crippen molar-refractivity contribution in [2.75, 3.05) is 19.8 Å². The van der Waals surface area contributed by atoms with Gasteiger partial charge in [0.2, 0.25) is 5.91 Å². The van der Waals surface area contributed by atoms with E-state index in [9.17, 15) is 14.4 Å². The molecule has 2 aromatic carbocycles. The highest BCUT2D eigenvalue weighted by Gasteiger charge is 2.34. The lowest BCUT2D eigenvalue weighted by molar-refractivity contribution is -0.149. The van der Waals surface area contributed by atoms with Gasteiger partial charge in [0.1, 0.15) is 6.61 Å². The van der Waals surface area contributed by atoms with Gasteiger partial charge in [-0.15, -0.1) is 0 Å². The van der Waals surface area contributed by atoms with Crippen molar-refractivity contribution in [3.05, 3.63) is 59.7 Å². The smallest absolute Gasteiger partial charge is 0.407 e. The van der Waals surface area contributed by atoms with Gasteiger partial charge in [-0.2, -0.15) is 0 Å². The van der Waals surface area contributed by atoms with E-state index >= 15 is 0 Å². The minimum absolute atomic E-state index is 0.0300. The molecular weight excluding hydrogens is 424 g/mol. The summed E-state index contributed by atoms with van der Waals surface area (Å²) in [4.78, 5) is 35.7. The number of benzene rings is 2. The molecule has 8 nitrogen and oxygen atoms in total. The predicted molar refractivity (Wildman–Crippen MR) is 121 cm³/mol. The van der Waals surface area contributed by atoms with Crippen molar-refractivity contribution in [3.63, 3.8) is 0 Å². The van der Waals surface area contributed by atoms with Crippen LogP contribution < -0.4 is 10.6 Å². The first-order chi connectivity index (χ1) is 15.9. The van der Waals surface area contributed by atoms with Gasteiger partial charge in [-0.05, 0) is 35.6 Å². The normalized spacial score (nSPS) is 19.9. The van der Waals surface area contributed by atoms with E-state index in [1.807, 2.05) is 24.3 Å². The van der Waals surface area contributed by atoms with Crippen LogP contribution in [0.1, 0.15) is 36.8 Å². The highest BCUT2D eigenvalue weighted by molar-refractivity contribution is 5.80. The van der Waals surface area contributed by atoms with Gasteiger partial charge in [-0.1, -0.05) is 48.5 Å². The molecule has 1 aliphatic carbocycles. The standard InChI is InChI=1S/C25H28N2O6/c1-15(12-22(28)26-13-16-10-11-32-23(16)24(29)30)27-25(31)33-14-21-19-8-4-2-6-17(19)18-7-3-5-9-20(18)21/h2-9,15-16,21,23H,10-14H2,1H3,(H,26,28)(H,27,31)(H,29,30)/t15?,16-,23-/m0/s1. The Morgan fingerprint density at radius 2 is 1.73 bits per heavy atom. The second kappa shape index (κ2) is 10.0. The molecule has 1 aliphatic heterocycles. The van der Waals surface area contributed by atoms with Crippen molar-refractivity contribution in [2.24, 2.45) is 5.92 Å². The van der Waals surface area contributed by atoms with E-state index in [1.165, 1.54) is 0 Å². The predicted octanol–water partition coefficient (Wildman–Crippen LogP) is 2.91. The van der Waals surface area contributed by atoms with Crippen molar-refractivity contribution < 1.29 is 29.0 Å². The first kappa shape index (κ1) is 22.8. The van der Waals surface area contributed by atoms with Crippen LogP contribution in [-0.4, -0.2) is 55.0 Å². The summed E-state index contributed by atoms with van der Waals surface area (Å²) in [5, 5.41) is 14.6. The number of hydrogen-bond acceptors (Lipinski definition) is 5. The molecule has 2 aromatic rings. The van der Waals surface area contributed by atoms with Crippen molar-refractivity contribution in [3.8, 4) is 11.1 Å². The number of ether oxygens (including phenoxy) is 2. The lowest BCUT2D eigenvalue weighted by atomic mass is 9.98.